The maximum atomic E-state index is 13.8. The Kier molecular flexibility index (Phi) is 23.3. The maximum Gasteiger partial charge on any atom is 0.326 e. The third kappa shape index (κ3) is 18.4. The van der Waals surface area contributed by atoms with E-state index in [0.29, 0.717) is 83.3 Å². The van der Waals surface area contributed by atoms with Gasteiger partial charge in [0.05, 0.1) is 37.1 Å². The number of nitrogens with zero attached hydrogens (tertiary/aromatic N) is 6. The summed E-state index contributed by atoms with van der Waals surface area (Å²) in [7, 11) is -6.04. The molecule has 614 valence electrons. The van der Waals surface area contributed by atoms with Crippen LogP contribution in [0.5, 0.6) is 34.5 Å². The van der Waals surface area contributed by atoms with E-state index in [2.05, 4.69) is 24.4 Å². The third-order valence-electron chi connectivity index (χ3n) is 20.8. The molecule has 3 aromatic heterocycles. The Hall–Kier alpha value is -12.4. The van der Waals surface area contributed by atoms with Crippen LogP contribution < -0.4 is 57.7 Å². The molecular formula is C84H80F3N9O19S3. The number of hydrogen-bond donors (Lipinski definition) is 4. The second-order valence-electron chi connectivity index (χ2n) is 28.9. The number of fused-ring (bicyclic) bond motifs is 6. The first-order valence-corrected chi connectivity index (χ1v) is 42.4. The number of aromatic nitrogens is 3. The molecule has 2 amide bonds. The van der Waals surface area contributed by atoms with E-state index in [-0.39, 0.29) is 92.2 Å². The molecule has 118 heavy (non-hydrogen) atoms. The number of nitrogens with two attached hydrogens (primary N) is 1. The van der Waals surface area contributed by atoms with Crippen molar-refractivity contribution in [2.75, 3.05) is 36.0 Å². The Labute approximate surface area is 675 Å². The number of para-hydroxylation sites is 2. The quantitative estimate of drug-likeness (QED) is 0.0462. The molecule has 12 aromatic rings. The topological polar surface area (TPSA) is 367 Å². The van der Waals surface area contributed by atoms with E-state index in [1.165, 1.54) is 54.6 Å². The predicted molar refractivity (Wildman–Crippen MR) is 428 cm³/mol. The molecule has 0 bridgehead atoms. The van der Waals surface area contributed by atoms with Crippen molar-refractivity contribution in [3.63, 3.8) is 0 Å². The van der Waals surface area contributed by atoms with Gasteiger partial charge in [-0.25, -0.2) is 48.4 Å². The number of carboxylic acids is 1. The average Bonchev–Trinajstić information content (AvgIpc) is 1.44. The molecule has 9 aromatic carbocycles. The highest BCUT2D eigenvalue weighted by molar-refractivity contribution is 7.91. The molecule has 0 unspecified atom stereocenters. The first-order chi connectivity index (χ1) is 56.8. The first-order valence-electron chi connectivity index (χ1n) is 37.7. The first kappa shape index (κ1) is 80.8. The van der Waals surface area contributed by atoms with Crippen molar-refractivity contribution in [3.05, 3.63) is 250 Å². The molecule has 0 spiro atoms. The van der Waals surface area contributed by atoms with Crippen LogP contribution in [0.4, 0.5) is 31.2 Å². The highest BCUT2D eigenvalue weighted by atomic mass is 32.2. The molecule has 6 heterocycles. The van der Waals surface area contributed by atoms with Gasteiger partial charge in [-0.05, 0) is 151 Å². The third-order valence-corrected chi connectivity index (χ3v) is 25.9. The minimum absolute atomic E-state index is 0.100. The van der Waals surface area contributed by atoms with Gasteiger partial charge in [-0.1, -0.05) is 84.9 Å². The van der Waals surface area contributed by atoms with Gasteiger partial charge in [-0.15, -0.1) is 0 Å². The van der Waals surface area contributed by atoms with Crippen LogP contribution in [0.2, 0.25) is 0 Å². The number of sulfonamides is 3. The van der Waals surface area contributed by atoms with Gasteiger partial charge in [0.2, 0.25) is 30.1 Å². The number of carbonyl (C=O) groups is 3. The van der Waals surface area contributed by atoms with Crippen LogP contribution in [0.25, 0.3) is 33.3 Å². The number of benzene rings is 9. The van der Waals surface area contributed by atoms with Crippen molar-refractivity contribution >= 4 is 99.2 Å². The predicted octanol–water partition coefficient (Wildman–Crippen LogP) is 12.2. The summed E-state index contributed by atoms with van der Waals surface area (Å²) in [4.78, 5) is 57.4. The molecule has 6 aliphatic rings. The van der Waals surface area contributed by atoms with Crippen molar-refractivity contribution in [1.82, 2.24) is 24.4 Å². The van der Waals surface area contributed by atoms with Crippen molar-refractivity contribution in [1.29, 1.82) is 0 Å². The van der Waals surface area contributed by atoms with E-state index in [1.54, 1.807) is 42.1 Å². The summed E-state index contributed by atoms with van der Waals surface area (Å²) in [6.07, 6.45) is 4.09. The van der Waals surface area contributed by atoms with Crippen LogP contribution in [0.3, 0.4) is 0 Å². The van der Waals surface area contributed by atoms with E-state index in [1.807, 2.05) is 121 Å². The molecule has 3 atom stereocenters. The number of methoxy groups -OCH3 is 3. The van der Waals surface area contributed by atoms with Crippen LogP contribution in [0, 0.1) is 17.5 Å². The summed E-state index contributed by atoms with van der Waals surface area (Å²) in [5.74, 6) is -0.163. The number of halogens is 3. The van der Waals surface area contributed by atoms with E-state index in [4.69, 9.17) is 46.8 Å². The van der Waals surface area contributed by atoms with Crippen molar-refractivity contribution in [2.24, 2.45) is 5.14 Å². The fraction of sp³-hybridized carbons (Fsp3) is 0.286. The maximum absolute atomic E-state index is 13.8. The summed E-state index contributed by atoms with van der Waals surface area (Å²) < 4.78 is 169. The second-order valence-corrected chi connectivity index (χ2v) is 34.7. The van der Waals surface area contributed by atoms with E-state index >= 15 is 0 Å². The smallest absolute Gasteiger partial charge is 0.326 e. The second kappa shape index (κ2) is 34.0. The number of nitrogens with one attached hydrogen (secondary N) is 2. The molecule has 0 radical (unpaired) electrons. The minimum Gasteiger partial charge on any atom is -0.496 e. The molecule has 3 aliphatic heterocycles. The van der Waals surface area contributed by atoms with Gasteiger partial charge in [0.25, 0.3) is 29.9 Å². The zero-order valence-electron chi connectivity index (χ0n) is 63.8. The number of oxazole rings is 3. The van der Waals surface area contributed by atoms with Gasteiger partial charge < -0.3 is 61.5 Å². The van der Waals surface area contributed by atoms with Crippen LogP contribution in [-0.2, 0) is 103 Å². The highest BCUT2D eigenvalue weighted by Gasteiger charge is 2.45. The SMILES string of the molecule is COc1ccc2c(c1COc1ccccc1)C[C@@H](C(=O)NS(=O)(=O)C1CC1)N(c1nc3ccc(F)cc3o1)C2.COc1ccc2c(c1COc1ccccc1)C[C@@H](C(=O)NS(=O)(=O)C1CC1)N(c1nc3ccc(F)cc3o1)C2.COc1ccc2c(c1OCc1ccccc1)C[C@@H](C(=O)O)N(c1nc3ccc(F)cc3o1)C2.NS(=O)(=O)C1CC1. The van der Waals surface area contributed by atoms with Gasteiger partial charge in [-0.2, -0.15) is 15.0 Å². The molecule has 34 heteroatoms. The lowest BCUT2D eigenvalue weighted by atomic mass is 9.89. The number of rotatable bonds is 23. The number of ether oxygens (including phenoxy) is 6. The van der Waals surface area contributed by atoms with E-state index in [9.17, 15) is 57.9 Å². The van der Waals surface area contributed by atoms with Gasteiger partial charge in [0.1, 0.15) is 94.9 Å². The normalized spacial score (nSPS) is 16.9. The molecule has 18 rings (SSSR count). The van der Waals surface area contributed by atoms with Gasteiger partial charge in [0, 0.05) is 73.8 Å². The highest BCUT2D eigenvalue weighted by Crippen LogP contribution is 2.43. The minimum atomic E-state index is -3.79. The fourth-order valence-electron chi connectivity index (χ4n) is 14.2. The Morgan fingerprint density at radius 2 is 0.805 bits per heavy atom. The monoisotopic (exact) mass is 1670 g/mol. The Morgan fingerprint density at radius 1 is 0.449 bits per heavy atom. The Bertz CT molecular complexity index is 5870. The zero-order chi connectivity index (χ0) is 82.7. The van der Waals surface area contributed by atoms with Crippen molar-refractivity contribution < 1.29 is 99.6 Å². The summed E-state index contributed by atoms with van der Waals surface area (Å²) >= 11 is 0. The molecule has 3 fully saturated rings. The Morgan fingerprint density at radius 3 is 1.16 bits per heavy atom. The van der Waals surface area contributed by atoms with Crippen LogP contribution >= 0.6 is 0 Å². The number of anilines is 3. The van der Waals surface area contributed by atoms with Gasteiger partial charge >= 0.3 is 5.97 Å². The molecule has 5 N–H and O–H groups in total. The lowest BCUT2D eigenvalue weighted by molar-refractivity contribution is -0.138. The number of amides is 2. The fourth-order valence-corrected chi connectivity index (χ4v) is 17.7. The van der Waals surface area contributed by atoms with Crippen LogP contribution in [-0.4, -0.2) is 118 Å². The van der Waals surface area contributed by atoms with Crippen LogP contribution in [0.1, 0.15) is 88.6 Å². The summed E-state index contributed by atoms with van der Waals surface area (Å²) in [6, 6.07) is 49.0. The lowest BCUT2D eigenvalue weighted by Gasteiger charge is -2.36. The van der Waals surface area contributed by atoms with Crippen LogP contribution in [0.15, 0.2) is 195 Å². The molecule has 0 saturated heterocycles. The zero-order valence-corrected chi connectivity index (χ0v) is 66.3. The lowest BCUT2D eigenvalue weighted by Crippen LogP contribution is -2.52. The number of carbonyl (C=O) groups excluding carboxylic acids is 2. The number of carboxylic acid groups (broad SMARTS) is 1. The molecule has 3 saturated carbocycles. The molecule has 28 nitrogen and oxygen atoms in total. The average molecular weight is 1670 g/mol. The number of hydrogen-bond acceptors (Lipinski definition) is 24. The number of primary sulfonamides is 1. The molecular weight excluding hydrogens is 1590 g/mol. The summed E-state index contributed by atoms with van der Waals surface area (Å²) in [6.45, 7) is 1.35. The van der Waals surface area contributed by atoms with E-state index in [0.717, 1.165) is 62.9 Å². The van der Waals surface area contributed by atoms with Gasteiger partial charge in [0.15, 0.2) is 28.2 Å². The Balaban J connectivity index is 0.000000133. The van der Waals surface area contributed by atoms with Crippen molar-refractivity contribution in [3.8, 4) is 34.5 Å². The van der Waals surface area contributed by atoms with Crippen molar-refractivity contribution in [2.45, 2.75) is 131 Å². The standard InChI is InChI=1S/2C28H26FN3O6S.C25H21FN2O5.C3H7NO2S/c2*1-36-25-12-7-17-15-32(28-30-23-11-8-18(29)13-26(23)38-28)24(27(33)31-39(34,35)20-9-10-20)14-21(17)22(25)16-37-19-5-3-2-4-6-19;1-31-21-10-7-16-13-28(25-27-19-9-8-17(26)11-22(19)33-25)20(24(29)30)12-18(16)23(21)32-14-15-5-3-2-4-6-15;4-7(5,6)3-1-2-3/h2*2-8,11-13,20,24H,9-10,14-16H2,1H3,(H,31,33);2-11,20H,12-14H2,1H3,(H,29,30);3H,1-2H2,(H2,4,5,6)/t2*24-;20-;/m000./s1. The number of aliphatic carboxylic acids is 1. The van der Waals surface area contributed by atoms with E-state index < -0.39 is 93.9 Å². The summed E-state index contributed by atoms with van der Waals surface area (Å²) in [5, 5.41) is 13.4. The molecule has 3 aliphatic carbocycles. The summed E-state index contributed by atoms with van der Waals surface area (Å²) in [5.41, 5.74) is 9.62. The van der Waals surface area contributed by atoms with Gasteiger partial charge in [-0.3, -0.25) is 19.0 Å². The largest absolute Gasteiger partial charge is 0.496 e.